The molecule has 0 amide bonds. The SMILES string of the molecule is Cc1cc(Cl)cc(C(=O)c2ccc(C(C)(C)C)cc2)c1. The van der Waals surface area contributed by atoms with Gasteiger partial charge in [-0.2, -0.15) is 0 Å². The number of carbonyl (C=O) groups is 1. The molecule has 0 aliphatic heterocycles. The molecule has 0 saturated carbocycles. The molecule has 0 atom stereocenters. The summed E-state index contributed by atoms with van der Waals surface area (Å²) in [6.45, 7) is 8.41. The first-order valence-electron chi connectivity index (χ1n) is 6.70. The molecule has 0 radical (unpaired) electrons. The Labute approximate surface area is 125 Å². The maximum Gasteiger partial charge on any atom is 0.193 e. The second-order valence-corrected chi connectivity index (χ2v) is 6.61. The van der Waals surface area contributed by atoms with Crippen LogP contribution in [0.1, 0.15) is 47.8 Å². The van der Waals surface area contributed by atoms with Gasteiger partial charge in [-0.25, -0.2) is 0 Å². The molecule has 1 nitrogen and oxygen atoms in total. The fourth-order valence-corrected chi connectivity index (χ4v) is 2.45. The molecule has 0 aliphatic rings. The highest BCUT2D eigenvalue weighted by molar-refractivity contribution is 6.31. The van der Waals surface area contributed by atoms with Crippen LogP contribution >= 0.6 is 11.6 Å². The summed E-state index contributed by atoms with van der Waals surface area (Å²) in [6.07, 6.45) is 0. The van der Waals surface area contributed by atoms with E-state index in [1.807, 2.05) is 43.3 Å². The molecule has 104 valence electrons. The largest absolute Gasteiger partial charge is 0.289 e. The zero-order valence-electron chi connectivity index (χ0n) is 12.3. The lowest BCUT2D eigenvalue weighted by Gasteiger charge is -2.19. The molecule has 2 heteroatoms. The highest BCUT2D eigenvalue weighted by Gasteiger charge is 2.15. The van der Waals surface area contributed by atoms with E-state index in [1.54, 1.807) is 6.07 Å². The van der Waals surface area contributed by atoms with Crippen molar-refractivity contribution in [3.63, 3.8) is 0 Å². The summed E-state index contributed by atoms with van der Waals surface area (Å²) in [5, 5.41) is 0.597. The lowest BCUT2D eigenvalue weighted by molar-refractivity contribution is 0.103. The van der Waals surface area contributed by atoms with Crippen LogP contribution in [0.3, 0.4) is 0 Å². The molecule has 2 aromatic carbocycles. The molecular weight excluding hydrogens is 268 g/mol. The molecule has 0 aromatic heterocycles. The summed E-state index contributed by atoms with van der Waals surface area (Å²) in [7, 11) is 0. The fraction of sp³-hybridized carbons (Fsp3) is 0.278. The first kappa shape index (κ1) is 14.8. The van der Waals surface area contributed by atoms with Crippen LogP contribution in [0.2, 0.25) is 5.02 Å². The highest BCUT2D eigenvalue weighted by atomic mass is 35.5. The molecule has 0 aliphatic carbocycles. The monoisotopic (exact) mass is 286 g/mol. The topological polar surface area (TPSA) is 17.1 Å². The molecule has 2 rings (SSSR count). The number of benzene rings is 2. The van der Waals surface area contributed by atoms with Crippen molar-refractivity contribution in [2.24, 2.45) is 0 Å². The minimum Gasteiger partial charge on any atom is -0.289 e. The van der Waals surface area contributed by atoms with Crippen molar-refractivity contribution in [1.29, 1.82) is 0 Å². The zero-order valence-corrected chi connectivity index (χ0v) is 13.1. The van der Waals surface area contributed by atoms with Crippen LogP contribution in [0.4, 0.5) is 0 Å². The lowest BCUT2D eigenvalue weighted by atomic mass is 9.86. The number of hydrogen-bond donors (Lipinski definition) is 0. The third-order valence-electron chi connectivity index (χ3n) is 3.32. The summed E-state index contributed by atoms with van der Waals surface area (Å²) in [5.41, 5.74) is 3.63. The Balaban J connectivity index is 2.34. The Morgan fingerprint density at radius 3 is 2.05 bits per heavy atom. The molecule has 20 heavy (non-hydrogen) atoms. The molecule has 0 fully saturated rings. The van der Waals surface area contributed by atoms with Gasteiger partial charge in [0.25, 0.3) is 0 Å². The van der Waals surface area contributed by atoms with Gasteiger partial charge in [-0.3, -0.25) is 4.79 Å². The quantitative estimate of drug-likeness (QED) is 0.696. The van der Waals surface area contributed by atoms with E-state index >= 15 is 0 Å². The van der Waals surface area contributed by atoms with Crippen molar-refractivity contribution in [2.45, 2.75) is 33.1 Å². The van der Waals surface area contributed by atoms with Crippen LogP contribution < -0.4 is 0 Å². The maximum absolute atomic E-state index is 12.5. The van der Waals surface area contributed by atoms with Gasteiger partial charge >= 0.3 is 0 Å². The van der Waals surface area contributed by atoms with E-state index in [1.165, 1.54) is 5.56 Å². The molecule has 0 N–H and O–H groups in total. The number of aryl methyl sites for hydroxylation is 1. The Hall–Kier alpha value is -1.60. The van der Waals surface area contributed by atoms with Gasteiger partial charge in [-0.15, -0.1) is 0 Å². The van der Waals surface area contributed by atoms with Crippen LogP contribution in [0, 0.1) is 6.92 Å². The van der Waals surface area contributed by atoms with Crippen molar-refractivity contribution in [1.82, 2.24) is 0 Å². The first-order valence-corrected chi connectivity index (χ1v) is 7.07. The van der Waals surface area contributed by atoms with E-state index in [9.17, 15) is 4.79 Å². The van der Waals surface area contributed by atoms with E-state index in [0.29, 0.717) is 16.1 Å². The van der Waals surface area contributed by atoms with Gasteiger partial charge in [0.05, 0.1) is 0 Å². The summed E-state index contributed by atoms with van der Waals surface area (Å²) in [6, 6.07) is 13.2. The number of carbonyl (C=O) groups excluding carboxylic acids is 1. The van der Waals surface area contributed by atoms with Crippen LogP contribution in [0.25, 0.3) is 0 Å². The van der Waals surface area contributed by atoms with Gasteiger partial charge in [-0.1, -0.05) is 56.6 Å². The van der Waals surface area contributed by atoms with Crippen LogP contribution in [0.15, 0.2) is 42.5 Å². The predicted molar refractivity (Wildman–Crippen MR) is 84.8 cm³/mol. The van der Waals surface area contributed by atoms with Crippen molar-refractivity contribution in [2.75, 3.05) is 0 Å². The number of rotatable bonds is 2. The van der Waals surface area contributed by atoms with E-state index in [0.717, 1.165) is 5.56 Å². The van der Waals surface area contributed by atoms with E-state index < -0.39 is 0 Å². The average molecular weight is 287 g/mol. The normalized spacial score (nSPS) is 11.4. The van der Waals surface area contributed by atoms with Crippen molar-refractivity contribution < 1.29 is 4.79 Å². The molecule has 0 bridgehead atoms. The van der Waals surface area contributed by atoms with Gasteiger partial charge in [0.15, 0.2) is 5.78 Å². The maximum atomic E-state index is 12.5. The van der Waals surface area contributed by atoms with Gasteiger partial charge in [0.1, 0.15) is 0 Å². The Morgan fingerprint density at radius 2 is 1.55 bits per heavy atom. The molecule has 0 saturated heterocycles. The van der Waals surface area contributed by atoms with Gasteiger partial charge in [-0.05, 0) is 41.7 Å². The number of ketones is 1. The average Bonchev–Trinajstić information content (AvgIpc) is 2.36. The molecular formula is C18H19ClO. The van der Waals surface area contributed by atoms with E-state index in [-0.39, 0.29) is 11.2 Å². The summed E-state index contributed by atoms with van der Waals surface area (Å²) in [5.74, 6) is 0.0102. The minimum absolute atomic E-state index is 0.0102. The zero-order chi connectivity index (χ0) is 14.9. The van der Waals surface area contributed by atoms with Crippen molar-refractivity contribution in [3.8, 4) is 0 Å². The third kappa shape index (κ3) is 3.29. The van der Waals surface area contributed by atoms with Gasteiger partial charge in [0, 0.05) is 16.1 Å². The second-order valence-electron chi connectivity index (χ2n) is 6.17. The Bertz CT molecular complexity index is 613. The smallest absolute Gasteiger partial charge is 0.193 e. The molecule has 2 aromatic rings. The van der Waals surface area contributed by atoms with Gasteiger partial charge in [0.2, 0.25) is 0 Å². The number of hydrogen-bond acceptors (Lipinski definition) is 1. The predicted octanol–water partition coefficient (Wildman–Crippen LogP) is 5.18. The Kier molecular flexibility index (Phi) is 4.01. The van der Waals surface area contributed by atoms with Crippen molar-refractivity contribution in [3.05, 3.63) is 69.7 Å². The van der Waals surface area contributed by atoms with Crippen LogP contribution in [-0.4, -0.2) is 5.78 Å². The summed E-state index contributed by atoms with van der Waals surface area (Å²) >= 11 is 6.01. The van der Waals surface area contributed by atoms with Gasteiger partial charge < -0.3 is 0 Å². The summed E-state index contributed by atoms with van der Waals surface area (Å²) < 4.78 is 0. The summed E-state index contributed by atoms with van der Waals surface area (Å²) in [4.78, 5) is 12.5. The highest BCUT2D eigenvalue weighted by Crippen LogP contribution is 2.23. The first-order chi connectivity index (χ1) is 9.27. The molecule has 0 spiro atoms. The third-order valence-corrected chi connectivity index (χ3v) is 3.54. The lowest BCUT2D eigenvalue weighted by Crippen LogP contribution is -2.11. The van der Waals surface area contributed by atoms with E-state index in [2.05, 4.69) is 20.8 Å². The van der Waals surface area contributed by atoms with Crippen LogP contribution in [-0.2, 0) is 5.41 Å². The number of halogens is 1. The minimum atomic E-state index is 0.0102. The fourth-order valence-electron chi connectivity index (χ4n) is 2.16. The Morgan fingerprint density at radius 1 is 0.950 bits per heavy atom. The second kappa shape index (κ2) is 5.41. The van der Waals surface area contributed by atoms with Crippen molar-refractivity contribution >= 4 is 17.4 Å². The van der Waals surface area contributed by atoms with Crippen LogP contribution in [0.5, 0.6) is 0 Å². The standard InChI is InChI=1S/C18H19ClO/c1-12-9-14(11-16(19)10-12)17(20)13-5-7-15(8-6-13)18(2,3)4/h5-11H,1-4H3. The van der Waals surface area contributed by atoms with E-state index in [4.69, 9.17) is 11.6 Å². The molecule has 0 unspecified atom stereocenters. The molecule has 0 heterocycles.